The van der Waals surface area contributed by atoms with E-state index in [1.807, 2.05) is 30.3 Å². The lowest BCUT2D eigenvalue weighted by Gasteiger charge is -2.29. The number of nitrogens with two attached hydrogens (primary N) is 1. The number of amides is 2. The summed E-state index contributed by atoms with van der Waals surface area (Å²) < 4.78 is 23.4. The molecule has 1 fully saturated rings. The summed E-state index contributed by atoms with van der Waals surface area (Å²) in [5.41, 5.74) is 1.00. The predicted molar refractivity (Wildman–Crippen MR) is 154 cm³/mol. The van der Waals surface area contributed by atoms with Gasteiger partial charge in [-0.3, -0.25) is 19.7 Å². The number of rotatable bonds is 15. The summed E-state index contributed by atoms with van der Waals surface area (Å²) in [5, 5.41) is 30.1. The van der Waals surface area contributed by atoms with E-state index in [-0.39, 0.29) is 41.4 Å². The summed E-state index contributed by atoms with van der Waals surface area (Å²) >= 11 is 5.87. The van der Waals surface area contributed by atoms with Crippen LogP contribution in [0.2, 0.25) is 5.02 Å². The maximum Gasteiger partial charge on any atom is 0.326 e. The number of aliphatic carboxylic acids is 2. The second kappa shape index (κ2) is 15.1. The molecular weight excluding hydrogens is 588 g/mol. The van der Waals surface area contributed by atoms with Crippen LogP contribution in [0, 0.1) is 0 Å². The third kappa shape index (κ3) is 9.24. The second-order valence-corrected chi connectivity index (χ2v) is 12.0. The fraction of sp³-hybridized carbons (Fsp3) is 0.429. The van der Waals surface area contributed by atoms with Gasteiger partial charge in [-0.2, -0.15) is 0 Å². The van der Waals surface area contributed by atoms with Gasteiger partial charge < -0.3 is 20.4 Å². The monoisotopic (exact) mass is 622 g/mol. The Bertz CT molecular complexity index is 1390. The Labute approximate surface area is 249 Å². The van der Waals surface area contributed by atoms with Crippen molar-refractivity contribution in [1.82, 2.24) is 15.5 Å². The van der Waals surface area contributed by atoms with Gasteiger partial charge in [0.1, 0.15) is 17.0 Å². The lowest BCUT2D eigenvalue weighted by atomic mass is 10.0. The molecule has 1 aliphatic heterocycles. The van der Waals surface area contributed by atoms with Gasteiger partial charge in [0.25, 0.3) is 5.91 Å². The summed E-state index contributed by atoms with van der Waals surface area (Å²) in [6.45, 7) is 0.457. The molecule has 3 atom stereocenters. The van der Waals surface area contributed by atoms with Gasteiger partial charge in [-0.1, -0.05) is 41.9 Å². The smallest absolute Gasteiger partial charge is 0.326 e. The fourth-order valence-corrected chi connectivity index (χ4v) is 5.95. The molecule has 12 nitrogen and oxygen atoms in total. The first-order valence-electron chi connectivity index (χ1n) is 13.5. The fourth-order valence-electron chi connectivity index (χ4n) is 4.88. The number of nitrogens with one attached hydrogen (secondary N) is 2. The number of unbranched alkanes of at least 4 members (excludes halogenated alkanes) is 1. The van der Waals surface area contributed by atoms with Gasteiger partial charge in [0.2, 0.25) is 15.9 Å². The van der Waals surface area contributed by atoms with Gasteiger partial charge in [-0.15, -0.1) is 0 Å². The number of hydrogen-bond donors (Lipinski definition) is 5. The lowest BCUT2D eigenvalue weighted by molar-refractivity contribution is -0.149. The van der Waals surface area contributed by atoms with E-state index in [1.54, 1.807) is 0 Å². The Balaban J connectivity index is 1.63. The molecule has 2 aromatic rings. The minimum atomic E-state index is -4.12. The lowest BCUT2D eigenvalue weighted by Crippen LogP contribution is -2.54. The van der Waals surface area contributed by atoms with Crippen LogP contribution >= 0.6 is 11.6 Å². The molecule has 1 saturated heterocycles. The number of carbonyl (C=O) groups is 4. The van der Waals surface area contributed by atoms with Crippen LogP contribution in [0.3, 0.4) is 0 Å². The molecule has 14 heteroatoms. The highest BCUT2D eigenvalue weighted by Crippen LogP contribution is 2.22. The molecule has 42 heavy (non-hydrogen) atoms. The summed E-state index contributed by atoms with van der Waals surface area (Å²) in [5.74, 6) is -3.23. The number of nitrogens with zero attached hydrogens (tertiary/aromatic N) is 1. The Morgan fingerprint density at radius 3 is 2.38 bits per heavy atom. The number of halogens is 1. The highest BCUT2D eigenvalue weighted by atomic mass is 35.5. The zero-order chi connectivity index (χ0) is 30.9. The zero-order valence-electron chi connectivity index (χ0n) is 22.9. The molecule has 0 radical (unpaired) electrons. The minimum absolute atomic E-state index is 0.0506. The van der Waals surface area contributed by atoms with E-state index < -0.39 is 51.9 Å². The quantitative estimate of drug-likeness (QED) is 0.184. The second-order valence-electron chi connectivity index (χ2n) is 10.1. The van der Waals surface area contributed by atoms with Gasteiger partial charge in [-0.25, -0.2) is 18.4 Å². The van der Waals surface area contributed by atoms with Crippen molar-refractivity contribution in [3.63, 3.8) is 0 Å². The maximum absolute atomic E-state index is 13.5. The molecule has 2 aromatic carbocycles. The van der Waals surface area contributed by atoms with Crippen LogP contribution in [-0.2, 0) is 30.8 Å². The molecule has 2 amide bonds. The standard InChI is InChI=1S/C28H35ClN4O8S/c29-20-13-12-19(17-24(20)42(30,40)41)25(34)31-15-5-4-9-21(26(35)33-16-6-10-23(33)28(38)39)32-22(27(36)37)14-11-18-7-2-1-3-8-18/h1-3,7-8,12-13,17,21-23,32H,4-6,9-11,14-16H2,(H,31,34)(H,36,37)(H,38,39)(H2,30,40,41)/t21-,22-,23-/m0/s1. The van der Waals surface area contributed by atoms with E-state index >= 15 is 0 Å². The number of hydrogen-bond acceptors (Lipinski definition) is 7. The van der Waals surface area contributed by atoms with Gasteiger partial charge in [0.15, 0.2) is 0 Å². The third-order valence-corrected chi connectivity index (χ3v) is 8.48. The van der Waals surface area contributed by atoms with Gasteiger partial charge in [0, 0.05) is 18.7 Å². The number of primary sulfonamides is 1. The molecule has 1 aliphatic rings. The van der Waals surface area contributed by atoms with Gasteiger partial charge in [0.05, 0.1) is 11.1 Å². The molecule has 1 heterocycles. The van der Waals surface area contributed by atoms with E-state index in [0.717, 1.165) is 11.6 Å². The van der Waals surface area contributed by atoms with Crippen molar-refractivity contribution in [2.75, 3.05) is 13.1 Å². The number of aryl methyl sites for hydroxylation is 1. The molecule has 0 aromatic heterocycles. The van der Waals surface area contributed by atoms with Crippen molar-refractivity contribution in [2.24, 2.45) is 5.14 Å². The Morgan fingerprint density at radius 2 is 1.74 bits per heavy atom. The Morgan fingerprint density at radius 1 is 1.02 bits per heavy atom. The van der Waals surface area contributed by atoms with E-state index in [9.17, 15) is 37.8 Å². The third-order valence-electron chi connectivity index (χ3n) is 7.09. The number of carbonyl (C=O) groups excluding carboxylic acids is 2. The highest BCUT2D eigenvalue weighted by Gasteiger charge is 2.38. The van der Waals surface area contributed by atoms with E-state index in [4.69, 9.17) is 16.7 Å². The first kappa shape index (κ1) is 33.0. The van der Waals surface area contributed by atoms with E-state index in [0.29, 0.717) is 32.1 Å². The van der Waals surface area contributed by atoms with Crippen LogP contribution in [0.1, 0.15) is 54.4 Å². The van der Waals surface area contributed by atoms with Crippen molar-refractivity contribution in [3.8, 4) is 0 Å². The summed E-state index contributed by atoms with van der Waals surface area (Å²) in [7, 11) is -4.12. The van der Waals surface area contributed by atoms with Crippen LogP contribution < -0.4 is 15.8 Å². The molecule has 0 spiro atoms. The van der Waals surface area contributed by atoms with E-state index in [1.165, 1.54) is 17.0 Å². The molecular formula is C28H35ClN4O8S. The topological polar surface area (TPSA) is 196 Å². The van der Waals surface area contributed by atoms with Crippen molar-refractivity contribution in [1.29, 1.82) is 0 Å². The summed E-state index contributed by atoms with van der Waals surface area (Å²) in [6.07, 6.45) is 2.59. The average molecular weight is 623 g/mol. The molecule has 0 unspecified atom stereocenters. The summed E-state index contributed by atoms with van der Waals surface area (Å²) in [4.78, 5) is 50.7. The molecule has 0 aliphatic carbocycles. The summed E-state index contributed by atoms with van der Waals surface area (Å²) in [6, 6.07) is 10.1. The molecule has 3 rings (SSSR count). The molecule has 0 bridgehead atoms. The number of carboxylic acid groups (broad SMARTS) is 2. The molecule has 0 saturated carbocycles. The van der Waals surface area contributed by atoms with Crippen molar-refractivity contribution in [2.45, 2.75) is 68.0 Å². The van der Waals surface area contributed by atoms with Crippen LogP contribution in [0.25, 0.3) is 0 Å². The number of benzene rings is 2. The zero-order valence-corrected chi connectivity index (χ0v) is 24.4. The van der Waals surface area contributed by atoms with Gasteiger partial charge in [-0.05, 0) is 68.7 Å². The van der Waals surface area contributed by atoms with Crippen LogP contribution in [0.4, 0.5) is 0 Å². The Hall–Kier alpha value is -3.52. The first-order chi connectivity index (χ1) is 19.9. The van der Waals surface area contributed by atoms with Crippen LogP contribution in [0.5, 0.6) is 0 Å². The van der Waals surface area contributed by atoms with Crippen LogP contribution in [-0.4, -0.2) is 78.5 Å². The van der Waals surface area contributed by atoms with Crippen LogP contribution in [0.15, 0.2) is 53.4 Å². The number of likely N-dealkylation sites (tertiary alicyclic amines) is 1. The van der Waals surface area contributed by atoms with Crippen molar-refractivity contribution in [3.05, 3.63) is 64.7 Å². The highest BCUT2D eigenvalue weighted by molar-refractivity contribution is 7.89. The first-order valence-corrected chi connectivity index (χ1v) is 15.5. The molecule has 228 valence electrons. The van der Waals surface area contributed by atoms with Gasteiger partial charge >= 0.3 is 11.9 Å². The van der Waals surface area contributed by atoms with E-state index in [2.05, 4.69) is 10.6 Å². The number of carboxylic acids is 2. The normalized spacial score (nSPS) is 16.5. The SMILES string of the molecule is NS(=O)(=O)c1cc(C(=O)NCCCC[C@H](N[C@@H](CCc2ccccc2)C(=O)O)C(=O)N2CCC[C@H]2C(=O)O)ccc1Cl. The maximum atomic E-state index is 13.5. The molecule has 6 N–H and O–H groups in total. The van der Waals surface area contributed by atoms with Crippen molar-refractivity contribution < 1.29 is 37.8 Å². The minimum Gasteiger partial charge on any atom is -0.480 e. The predicted octanol–water partition coefficient (Wildman–Crippen LogP) is 2.01. The number of sulfonamides is 1. The average Bonchev–Trinajstić information content (AvgIpc) is 3.44. The van der Waals surface area contributed by atoms with Crippen molar-refractivity contribution >= 4 is 45.4 Å². The largest absolute Gasteiger partial charge is 0.480 e. The Kier molecular flexibility index (Phi) is 11.9.